The van der Waals surface area contributed by atoms with E-state index < -0.39 is 0 Å². The maximum atomic E-state index is 12.3. The van der Waals surface area contributed by atoms with Crippen LogP contribution in [0.1, 0.15) is 64.1 Å². The summed E-state index contributed by atoms with van der Waals surface area (Å²) in [6.45, 7) is 6.91. The van der Waals surface area contributed by atoms with E-state index in [1.807, 2.05) is 13.8 Å². The maximum absolute atomic E-state index is 12.3. The minimum Gasteiger partial charge on any atom is -0.356 e. The molecule has 6 heteroatoms. The highest BCUT2D eigenvalue weighted by Crippen LogP contribution is 2.32. The topological polar surface area (TPSA) is 64.0 Å². The van der Waals surface area contributed by atoms with Gasteiger partial charge in [-0.3, -0.25) is 14.2 Å². The van der Waals surface area contributed by atoms with E-state index in [2.05, 4.69) is 17.2 Å². The van der Waals surface area contributed by atoms with Gasteiger partial charge in [0.25, 0.3) is 5.56 Å². The molecule has 0 aliphatic carbocycles. The van der Waals surface area contributed by atoms with Gasteiger partial charge in [-0.2, -0.15) is 0 Å². The summed E-state index contributed by atoms with van der Waals surface area (Å²) in [5.41, 5.74) is 0.788. The number of amides is 1. The molecule has 1 unspecified atom stereocenters. The molecule has 0 spiro atoms. The Bertz CT molecular complexity index is 583. The van der Waals surface area contributed by atoms with E-state index in [1.165, 1.54) is 0 Å². The van der Waals surface area contributed by atoms with Crippen molar-refractivity contribution in [3.05, 3.63) is 22.1 Å². The molecule has 0 saturated heterocycles. The Kier molecular flexibility index (Phi) is 6.06. The Balaban J connectivity index is 2.00. The first-order valence-corrected chi connectivity index (χ1v) is 9.04. The summed E-state index contributed by atoms with van der Waals surface area (Å²) in [6, 6.07) is 1.53. The van der Waals surface area contributed by atoms with Crippen molar-refractivity contribution in [3.8, 4) is 0 Å². The minimum atomic E-state index is -0.0765. The molecule has 0 aromatic carbocycles. The Morgan fingerprint density at radius 2 is 2.27 bits per heavy atom. The lowest BCUT2D eigenvalue weighted by Gasteiger charge is -2.14. The average molecular weight is 323 g/mol. The van der Waals surface area contributed by atoms with Gasteiger partial charge in [-0.1, -0.05) is 45.4 Å². The monoisotopic (exact) mass is 323 g/mol. The largest absolute Gasteiger partial charge is 0.356 e. The predicted octanol–water partition coefficient (Wildman–Crippen LogP) is 2.71. The molecule has 1 atom stereocenters. The average Bonchev–Trinajstić information content (AvgIpc) is 2.87. The Morgan fingerprint density at radius 1 is 1.50 bits per heavy atom. The molecule has 1 N–H and O–H groups in total. The molecule has 0 fully saturated rings. The highest BCUT2D eigenvalue weighted by molar-refractivity contribution is 7.99. The van der Waals surface area contributed by atoms with Crippen LogP contribution in [0.25, 0.3) is 0 Å². The molecule has 1 amide bonds. The van der Waals surface area contributed by atoms with Gasteiger partial charge in [-0.05, 0) is 12.3 Å². The van der Waals surface area contributed by atoms with Gasteiger partial charge in [0, 0.05) is 24.8 Å². The smallest absolute Gasteiger partial charge is 0.254 e. The van der Waals surface area contributed by atoms with E-state index in [9.17, 15) is 9.59 Å². The number of nitrogens with one attached hydrogen (secondary N) is 1. The molecule has 22 heavy (non-hydrogen) atoms. The van der Waals surface area contributed by atoms with Crippen LogP contribution in [0.4, 0.5) is 0 Å². The van der Waals surface area contributed by atoms with Crippen LogP contribution in [-0.4, -0.2) is 27.8 Å². The summed E-state index contributed by atoms with van der Waals surface area (Å²) < 4.78 is 1.68. The lowest BCUT2D eigenvalue weighted by atomic mass is 10.1. The van der Waals surface area contributed by atoms with Gasteiger partial charge in [0.2, 0.25) is 5.91 Å². The molecule has 1 aliphatic rings. The zero-order valence-corrected chi connectivity index (χ0v) is 14.4. The summed E-state index contributed by atoms with van der Waals surface area (Å²) in [5, 5.41) is 3.69. The van der Waals surface area contributed by atoms with Gasteiger partial charge in [0.05, 0.1) is 11.7 Å². The number of carbonyl (C=O) groups excluding carboxylic acids is 1. The molecule has 0 radical (unpaired) electrons. The van der Waals surface area contributed by atoms with Crippen LogP contribution in [0.3, 0.4) is 0 Å². The number of hydrogen-bond donors (Lipinski definition) is 1. The van der Waals surface area contributed by atoms with Crippen molar-refractivity contribution in [2.24, 2.45) is 0 Å². The lowest BCUT2D eigenvalue weighted by Crippen LogP contribution is -2.31. The van der Waals surface area contributed by atoms with Gasteiger partial charge in [0.15, 0.2) is 5.16 Å². The normalized spacial score (nSPS) is 16.8. The second-order valence-electron chi connectivity index (χ2n) is 6.05. The Hall–Kier alpha value is -1.30. The van der Waals surface area contributed by atoms with Gasteiger partial charge in [-0.15, -0.1) is 0 Å². The number of hydrogen-bond acceptors (Lipinski definition) is 4. The standard InChI is InChI=1S/C16H25N3O2S/c1-4-5-6-7-17-14(20)8-12-10-22-16-18-13(11(2)3)9-15(21)19(12)16/h9,11-12H,4-8,10H2,1-3H3,(H,17,20). The fourth-order valence-electron chi connectivity index (χ4n) is 2.51. The molecular formula is C16H25N3O2S. The predicted molar refractivity (Wildman–Crippen MR) is 89.5 cm³/mol. The molecule has 2 rings (SSSR count). The summed E-state index contributed by atoms with van der Waals surface area (Å²) in [4.78, 5) is 28.9. The Labute approximate surface area is 135 Å². The Morgan fingerprint density at radius 3 is 2.95 bits per heavy atom. The lowest BCUT2D eigenvalue weighted by molar-refractivity contribution is -0.121. The van der Waals surface area contributed by atoms with Crippen molar-refractivity contribution in [2.45, 2.75) is 63.6 Å². The second-order valence-corrected chi connectivity index (χ2v) is 7.04. The molecule has 0 bridgehead atoms. The second kappa shape index (κ2) is 7.81. The molecule has 122 valence electrons. The first-order valence-electron chi connectivity index (χ1n) is 8.06. The van der Waals surface area contributed by atoms with E-state index in [1.54, 1.807) is 22.4 Å². The van der Waals surface area contributed by atoms with Crippen LogP contribution in [0, 0.1) is 0 Å². The molecular weight excluding hydrogens is 298 g/mol. The van der Waals surface area contributed by atoms with Crippen LogP contribution in [0.15, 0.2) is 16.0 Å². The summed E-state index contributed by atoms with van der Waals surface area (Å²) in [5.74, 6) is 1.00. The van der Waals surface area contributed by atoms with E-state index in [0.717, 1.165) is 42.4 Å². The van der Waals surface area contributed by atoms with Crippen LogP contribution < -0.4 is 10.9 Å². The van der Waals surface area contributed by atoms with Gasteiger partial charge in [-0.25, -0.2) is 4.98 Å². The van der Waals surface area contributed by atoms with E-state index >= 15 is 0 Å². The number of unbranched alkanes of at least 4 members (excludes halogenated alkanes) is 2. The summed E-state index contributed by atoms with van der Waals surface area (Å²) in [7, 11) is 0. The molecule has 5 nitrogen and oxygen atoms in total. The van der Waals surface area contributed by atoms with Crippen LogP contribution >= 0.6 is 11.8 Å². The van der Waals surface area contributed by atoms with Gasteiger partial charge >= 0.3 is 0 Å². The first kappa shape index (κ1) is 17.1. The SMILES string of the molecule is CCCCCNC(=O)CC1CSc2nc(C(C)C)cc(=O)n21. The van der Waals surface area contributed by atoms with Crippen LogP contribution in [-0.2, 0) is 4.79 Å². The third-order valence-corrected chi connectivity index (χ3v) is 4.92. The number of carbonyl (C=O) groups is 1. The molecule has 0 saturated carbocycles. The van der Waals surface area contributed by atoms with Crippen LogP contribution in [0.5, 0.6) is 0 Å². The van der Waals surface area contributed by atoms with Gasteiger partial charge in [0.1, 0.15) is 0 Å². The van der Waals surface area contributed by atoms with Crippen molar-refractivity contribution in [1.29, 1.82) is 0 Å². The van der Waals surface area contributed by atoms with Crippen molar-refractivity contribution in [2.75, 3.05) is 12.3 Å². The molecule has 1 aromatic heterocycles. The van der Waals surface area contributed by atoms with E-state index in [4.69, 9.17) is 0 Å². The first-order chi connectivity index (χ1) is 10.5. The number of nitrogens with zero attached hydrogens (tertiary/aromatic N) is 2. The zero-order valence-electron chi connectivity index (χ0n) is 13.6. The van der Waals surface area contributed by atoms with Crippen molar-refractivity contribution >= 4 is 17.7 Å². The third kappa shape index (κ3) is 4.12. The van der Waals surface area contributed by atoms with Crippen molar-refractivity contribution < 1.29 is 4.79 Å². The number of thioether (sulfide) groups is 1. The maximum Gasteiger partial charge on any atom is 0.254 e. The fraction of sp³-hybridized carbons (Fsp3) is 0.688. The zero-order chi connectivity index (χ0) is 16.1. The fourth-order valence-corrected chi connectivity index (χ4v) is 3.66. The number of aromatic nitrogens is 2. The van der Waals surface area contributed by atoms with E-state index in [-0.39, 0.29) is 23.4 Å². The van der Waals surface area contributed by atoms with Gasteiger partial charge < -0.3 is 5.32 Å². The van der Waals surface area contributed by atoms with E-state index in [0.29, 0.717) is 6.42 Å². The van der Waals surface area contributed by atoms with Crippen LogP contribution in [0.2, 0.25) is 0 Å². The summed E-state index contributed by atoms with van der Waals surface area (Å²) in [6.07, 6.45) is 3.64. The number of fused-ring (bicyclic) bond motifs is 1. The summed E-state index contributed by atoms with van der Waals surface area (Å²) >= 11 is 1.57. The highest BCUT2D eigenvalue weighted by Gasteiger charge is 2.27. The van der Waals surface area contributed by atoms with Crippen molar-refractivity contribution in [3.63, 3.8) is 0 Å². The third-order valence-electron chi connectivity index (χ3n) is 3.82. The molecule has 1 aromatic rings. The molecule has 1 aliphatic heterocycles. The number of rotatable bonds is 7. The highest BCUT2D eigenvalue weighted by atomic mass is 32.2. The molecule has 2 heterocycles. The quantitative estimate of drug-likeness (QED) is 0.619. The minimum absolute atomic E-state index is 0.0226. The van der Waals surface area contributed by atoms with Crippen molar-refractivity contribution in [1.82, 2.24) is 14.9 Å².